The number of hydrogen-bond acceptors (Lipinski definition) is 0. The summed E-state index contributed by atoms with van der Waals surface area (Å²) < 4.78 is 26.4. The third kappa shape index (κ3) is 8.70. The van der Waals surface area contributed by atoms with Crippen LogP contribution >= 0.6 is 0 Å². The fourth-order valence-corrected chi connectivity index (χ4v) is 9.16. The maximum atomic E-state index is 13.4. The summed E-state index contributed by atoms with van der Waals surface area (Å²) >= 11 is 0. The normalized spacial score (nSPS) is 33.1. The third-order valence-corrected chi connectivity index (χ3v) is 12.1. The van der Waals surface area contributed by atoms with E-state index >= 15 is 0 Å². The molecule has 43 heavy (non-hydrogen) atoms. The van der Waals surface area contributed by atoms with Crippen molar-refractivity contribution in [2.75, 3.05) is 0 Å². The van der Waals surface area contributed by atoms with Crippen LogP contribution < -0.4 is 0 Å². The van der Waals surface area contributed by atoms with Gasteiger partial charge in [0.2, 0.25) is 0 Å². The predicted molar refractivity (Wildman–Crippen MR) is 178 cm³/mol. The van der Waals surface area contributed by atoms with E-state index in [0.29, 0.717) is 5.92 Å². The molecule has 0 amide bonds. The van der Waals surface area contributed by atoms with Gasteiger partial charge in [-0.25, -0.2) is 8.78 Å². The highest BCUT2D eigenvalue weighted by Crippen LogP contribution is 2.45. The van der Waals surface area contributed by atoms with E-state index in [0.717, 1.165) is 59.8 Å². The second kappa shape index (κ2) is 15.7. The quantitative estimate of drug-likeness (QED) is 0.295. The molecule has 2 heteroatoms. The SMILES string of the molecule is C=CC1CCC(C2CCC(c3ccc(C)cc3)CC2)CC1.C=CC1CCC(C2CCC(c3ccc(F)c(F)c3)CC2)CC1. The van der Waals surface area contributed by atoms with Gasteiger partial charge in [-0.15, -0.1) is 13.2 Å². The van der Waals surface area contributed by atoms with Gasteiger partial charge in [-0.2, -0.15) is 0 Å². The van der Waals surface area contributed by atoms with E-state index in [9.17, 15) is 8.78 Å². The number of rotatable bonds is 6. The minimum Gasteiger partial charge on any atom is -0.204 e. The molecule has 4 fully saturated rings. The Morgan fingerprint density at radius 3 is 1.26 bits per heavy atom. The summed E-state index contributed by atoms with van der Waals surface area (Å²) in [6.45, 7) is 10.1. The zero-order chi connectivity index (χ0) is 30.2. The van der Waals surface area contributed by atoms with Gasteiger partial charge in [0.25, 0.3) is 0 Å². The smallest absolute Gasteiger partial charge is 0.159 e. The van der Waals surface area contributed by atoms with Crippen molar-refractivity contribution in [3.63, 3.8) is 0 Å². The highest BCUT2D eigenvalue weighted by Gasteiger charge is 2.32. The van der Waals surface area contributed by atoms with Gasteiger partial charge in [0.15, 0.2) is 11.6 Å². The Bertz CT molecular complexity index is 1130. The monoisotopic (exact) mass is 586 g/mol. The van der Waals surface area contributed by atoms with Crippen LogP contribution in [0.25, 0.3) is 0 Å². The van der Waals surface area contributed by atoms with Gasteiger partial charge >= 0.3 is 0 Å². The van der Waals surface area contributed by atoms with E-state index in [1.54, 1.807) is 11.6 Å². The summed E-state index contributed by atoms with van der Waals surface area (Å²) in [6, 6.07) is 13.7. The van der Waals surface area contributed by atoms with Crippen molar-refractivity contribution in [3.8, 4) is 0 Å². The van der Waals surface area contributed by atoms with E-state index in [2.05, 4.69) is 56.5 Å². The van der Waals surface area contributed by atoms with E-state index in [1.165, 1.54) is 108 Å². The molecule has 0 aliphatic heterocycles. The molecule has 0 bridgehead atoms. The molecule has 0 spiro atoms. The molecule has 2 aromatic rings. The molecule has 4 saturated carbocycles. The van der Waals surface area contributed by atoms with Crippen LogP contribution in [0, 0.1) is 54.1 Å². The van der Waals surface area contributed by atoms with Crippen LogP contribution in [-0.4, -0.2) is 0 Å². The highest BCUT2D eigenvalue weighted by atomic mass is 19.2. The lowest BCUT2D eigenvalue weighted by Crippen LogP contribution is -2.25. The van der Waals surface area contributed by atoms with Gasteiger partial charge in [-0.3, -0.25) is 0 Å². The van der Waals surface area contributed by atoms with Gasteiger partial charge in [0.05, 0.1) is 0 Å². The molecular weight excluding hydrogens is 530 g/mol. The average Bonchev–Trinajstić information content (AvgIpc) is 3.07. The van der Waals surface area contributed by atoms with Crippen LogP contribution in [0.5, 0.6) is 0 Å². The molecule has 4 aliphatic rings. The number of halogens is 2. The van der Waals surface area contributed by atoms with Crippen LogP contribution in [0.4, 0.5) is 8.78 Å². The first-order valence-corrected chi connectivity index (χ1v) is 17.7. The fourth-order valence-electron chi connectivity index (χ4n) is 9.16. The first-order chi connectivity index (χ1) is 20.9. The first kappa shape index (κ1) is 32.2. The fraction of sp³-hybridized carbons (Fsp3) is 0.610. The molecule has 0 heterocycles. The van der Waals surface area contributed by atoms with Gasteiger partial charge in [0.1, 0.15) is 0 Å². The molecule has 0 aromatic heterocycles. The summed E-state index contributed by atoms with van der Waals surface area (Å²) in [7, 11) is 0. The minimum atomic E-state index is -0.739. The Hall–Kier alpha value is -2.22. The van der Waals surface area contributed by atoms with Gasteiger partial charge in [-0.05, 0) is 180 Å². The van der Waals surface area contributed by atoms with E-state index in [1.807, 2.05) is 0 Å². The molecule has 0 atom stereocenters. The maximum absolute atomic E-state index is 13.4. The number of benzene rings is 2. The molecule has 0 saturated heterocycles. The Morgan fingerprint density at radius 2 is 0.860 bits per heavy atom. The van der Waals surface area contributed by atoms with Crippen molar-refractivity contribution in [1.29, 1.82) is 0 Å². The van der Waals surface area contributed by atoms with E-state index < -0.39 is 11.6 Å². The molecular formula is C41H56F2. The summed E-state index contributed by atoms with van der Waals surface area (Å²) in [6.07, 6.45) is 25.8. The summed E-state index contributed by atoms with van der Waals surface area (Å²) in [4.78, 5) is 0. The Morgan fingerprint density at radius 1 is 0.488 bits per heavy atom. The van der Waals surface area contributed by atoms with E-state index in [4.69, 9.17) is 0 Å². The van der Waals surface area contributed by atoms with Crippen molar-refractivity contribution in [1.82, 2.24) is 0 Å². The van der Waals surface area contributed by atoms with Crippen molar-refractivity contribution >= 4 is 0 Å². The maximum Gasteiger partial charge on any atom is 0.159 e. The lowest BCUT2D eigenvalue weighted by Gasteiger charge is -2.37. The molecule has 0 unspecified atom stereocenters. The van der Waals surface area contributed by atoms with Crippen LogP contribution in [0.1, 0.15) is 131 Å². The minimum absolute atomic E-state index is 0.413. The van der Waals surface area contributed by atoms with Gasteiger partial charge in [-0.1, -0.05) is 48.0 Å². The summed E-state index contributed by atoms with van der Waals surface area (Å²) in [5, 5.41) is 0. The number of aryl methyl sites for hydroxylation is 1. The average molecular weight is 587 g/mol. The summed E-state index contributed by atoms with van der Waals surface area (Å²) in [5.74, 6) is 5.08. The Labute approximate surface area is 261 Å². The predicted octanol–water partition coefficient (Wildman–Crippen LogP) is 12.5. The largest absolute Gasteiger partial charge is 0.204 e. The highest BCUT2D eigenvalue weighted by molar-refractivity contribution is 5.25. The lowest BCUT2D eigenvalue weighted by atomic mass is 9.68. The van der Waals surface area contributed by atoms with Crippen molar-refractivity contribution in [2.24, 2.45) is 35.5 Å². The Kier molecular flexibility index (Phi) is 11.7. The van der Waals surface area contributed by atoms with Crippen molar-refractivity contribution in [2.45, 2.75) is 121 Å². The van der Waals surface area contributed by atoms with Crippen LogP contribution in [0.2, 0.25) is 0 Å². The molecule has 0 N–H and O–H groups in total. The number of hydrogen-bond donors (Lipinski definition) is 0. The van der Waals surface area contributed by atoms with Crippen LogP contribution in [0.15, 0.2) is 67.8 Å². The molecule has 0 nitrogen and oxygen atoms in total. The molecule has 4 aliphatic carbocycles. The van der Waals surface area contributed by atoms with Crippen molar-refractivity contribution in [3.05, 3.63) is 96.1 Å². The van der Waals surface area contributed by atoms with Crippen molar-refractivity contribution < 1.29 is 8.78 Å². The topological polar surface area (TPSA) is 0 Å². The third-order valence-electron chi connectivity index (χ3n) is 12.1. The second-order valence-electron chi connectivity index (χ2n) is 14.6. The lowest BCUT2D eigenvalue weighted by molar-refractivity contribution is 0.171. The van der Waals surface area contributed by atoms with E-state index in [-0.39, 0.29) is 0 Å². The molecule has 0 radical (unpaired) electrons. The molecule has 234 valence electrons. The summed E-state index contributed by atoms with van der Waals surface area (Å²) in [5.41, 5.74) is 3.94. The zero-order valence-corrected chi connectivity index (χ0v) is 26.8. The van der Waals surface area contributed by atoms with Gasteiger partial charge < -0.3 is 0 Å². The molecule has 6 rings (SSSR count). The van der Waals surface area contributed by atoms with Gasteiger partial charge in [0, 0.05) is 0 Å². The first-order valence-electron chi connectivity index (χ1n) is 17.7. The van der Waals surface area contributed by atoms with Crippen LogP contribution in [-0.2, 0) is 0 Å². The Balaban J connectivity index is 0.000000171. The molecule has 2 aromatic carbocycles. The number of allylic oxidation sites excluding steroid dienone is 2. The van der Waals surface area contributed by atoms with Crippen LogP contribution in [0.3, 0.4) is 0 Å². The zero-order valence-electron chi connectivity index (χ0n) is 26.8. The standard InChI is InChI=1S/C21H30.C20H26F2/c1-3-17-6-10-19(11-7-17)21-14-12-20(13-15-21)18-8-4-16(2)5-9-18;1-2-14-3-5-15(6-4-14)16-7-9-17(10-8-16)18-11-12-19(21)20(22)13-18/h3-5,8-9,17,19-21H,1,6-7,10-15H2,2H3;2,11-17H,1,3-10H2. The second-order valence-corrected chi connectivity index (χ2v) is 14.6.